The molecule has 1 aromatic heterocycles. The predicted molar refractivity (Wildman–Crippen MR) is 43.5 cm³/mol. The summed E-state index contributed by atoms with van der Waals surface area (Å²) < 4.78 is 4.98. The van der Waals surface area contributed by atoms with E-state index >= 15 is 0 Å². The van der Waals surface area contributed by atoms with Crippen molar-refractivity contribution in [2.45, 2.75) is 5.75 Å². The van der Waals surface area contributed by atoms with Gasteiger partial charge in [-0.1, -0.05) is 0 Å². The molecule has 0 bridgehead atoms. The fraction of sp³-hybridized carbons (Fsp3) is 0.286. The van der Waals surface area contributed by atoms with E-state index in [1.807, 2.05) is 12.1 Å². The van der Waals surface area contributed by atoms with Gasteiger partial charge in [-0.25, -0.2) is 0 Å². The zero-order valence-electron chi connectivity index (χ0n) is 5.74. The lowest BCUT2D eigenvalue weighted by Gasteiger charge is -1.99. The van der Waals surface area contributed by atoms with Gasteiger partial charge in [0.15, 0.2) is 0 Å². The van der Waals surface area contributed by atoms with Gasteiger partial charge in [0.2, 0.25) is 0 Å². The number of ether oxygens (including phenoxy) is 1. The summed E-state index contributed by atoms with van der Waals surface area (Å²) in [5.74, 6) is 1.48. The van der Waals surface area contributed by atoms with Crippen LogP contribution >= 0.6 is 12.6 Å². The van der Waals surface area contributed by atoms with Gasteiger partial charge in [-0.2, -0.15) is 12.6 Å². The van der Waals surface area contributed by atoms with Crippen molar-refractivity contribution in [2.24, 2.45) is 0 Å². The highest BCUT2D eigenvalue weighted by atomic mass is 32.1. The first-order valence-electron chi connectivity index (χ1n) is 2.96. The molecule has 0 unspecified atom stereocenters. The maximum absolute atomic E-state index is 4.98. The second-order valence-corrected chi connectivity index (χ2v) is 2.16. The Labute approximate surface area is 65.6 Å². The van der Waals surface area contributed by atoms with Crippen molar-refractivity contribution in [1.29, 1.82) is 0 Å². The van der Waals surface area contributed by atoms with Crippen molar-refractivity contribution < 1.29 is 4.74 Å². The van der Waals surface area contributed by atoms with E-state index in [0.29, 0.717) is 5.75 Å². The molecule has 54 valence electrons. The average Bonchev–Trinajstić information content (AvgIpc) is 2.05. The molecule has 0 aliphatic carbocycles. The van der Waals surface area contributed by atoms with Gasteiger partial charge in [-0.05, 0) is 6.07 Å². The number of rotatable bonds is 2. The van der Waals surface area contributed by atoms with E-state index < -0.39 is 0 Å². The summed E-state index contributed by atoms with van der Waals surface area (Å²) in [6.45, 7) is 0. The van der Waals surface area contributed by atoms with Gasteiger partial charge < -0.3 is 4.74 Å². The lowest BCUT2D eigenvalue weighted by Crippen LogP contribution is -1.87. The van der Waals surface area contributed by atoms with Crippen LogP contribution in [0.3, 0.4) is 0 Å². The van der Waals surface area contributed by atoms with Crippen LogP contribution in [0.4, 0.5) is 0 Å². The largest absolute Gasteiger partial charge is 0.497 e. The van der Waals surface area contributed by atoms with Crippen LogP contribution in [0.15, 0.2) is 18.3 Å². The number of hydrogen-bond donors (Lipinski definition) is 1. The molecule has 1 rings (SSSR count). The standard InChI is InChI=1S/C7H9NOS/c1-9-7-2-3-8-6(4-7)5-10/h2-4,10H,5H2,1H3. The minimum Gasteiger partial charge on any atom is -0.497 e. The monoisotopic (exact) mass is 155 g/mol. The summed E-state index contributed by atoms with van der Waals surface area (Å²) in [6, 6.07) is 3.68. The number of pyridine rings is 1. The fourth-order valence-corrected chi connectivity index (χ4v) is 0.842. The third-order valence-electron chi connectivity index (χ3n) is 1.19. The Balaban J connectivity index is 2.87. The molecule has 0 saturated heterocycles. The average molecular weight is 155 g/mol. The topological polar surface area (TPSA) is 22.1 Å². The van der Waals surface area contributed by atoms with Crippen molar-refractivity contribution in [1.82, 2.24) is 4.98 Å². The van der Waals surface area contributed by atoms with Gasteiger partial charge in [-0.3, -0.25) is 4.98 Å². The zero-order valence-corrected chi connectivity index (χ0v) is 6.64. The van der Waals surface area contributed by atoms with Crippen LogP contribution < -0.4 is 4.74 Å². The quantitative estimate of drug-likeness (QED) is 0.654. The molecule has 3 heteroatoms. The Morgan fingerprint density at radius 2 is 2.50 bits per heavy atom. The number of methoxy groups -OCH3 is 1. The lowest BCUT2D eigenvalue weighted by atomic mass is 10.4. The third kappa shape index (κ3) is 1.64. The van der Waals surface area contributed by atoms with E-state index in [2.05, 4.69) is 17.6 Å². The zero-order chi connectivity index (χ0) is 7.40. The summed E-state index contributed by atoms with van der Waals surface area (Å²) in [5, 5.41) is 0. The molecule has 0 aliphatic rings. The second kappa shape index (κ2) is 3.46. The van der Waals surface area contributed by atoms with Crippen LogP contribution in [0.5, 0.6) is 5.75 Å². The van der Waals surface area contributed by atoms with Gasteiger partial charge in [0.05, 0.1) is 12.8 Å². The maximum atomic E-state index is 4.98. The second-order valence-electron chi connectivity index (χ2n) is 1.85. The van der Waals surface area contributed by atoms with Crippen molar-refractivity contribution in [3.05, 3.63) is 24.0 Å². The molecule has 0 aliphatic heterocycles. The summed E-state index contributed by atoms with van der Waals surface area (Å²) in [7, 11) is 1.64. The Bertz CT molecular complexity index is 195. The third-order valence-corrected chi connectivity index (χ3v) is 1.51. The Hall–Kier alpha value is -0.700. The van der Waals surface area contributed by atoms with Crippen LogP contribution in [-0.2, 0) is 5.75 Å². The summed E-state index contributed by atoms with van der Waals surface area (Å²) in [4.78, 5) is 4.05. The van der Waals surface area contributed by atoms with Gasteiger partial charge >= 0.3 is 0 Å². The van der Waals surface area contributed by atoms with Crippen LogP contribution in [0.25, 0.3) is 0 Å². The van der Waals surface area contributed by atoms with Crippen LogP contribution in [0.2, 0.25) is 0 Å². The Morgan fingerprint density at radius 1 is 1.70 bits per heavy atom. The fourth-order valence-electron chi connectivity index (χ4n) is 0.669. The van der Waals surface area contributed by atoms with Crippen molar-refractivity contribution >= 4 is 12.6 Å². The SMILES string of the molecule is COc1ccnc(CS)c1. The van der Waals surface area contributed by atoms with Crippen LogP contribution in [0.1, 0.15) is 5.69 Å². The number of hydrogen-bond acceptors (Lipinski definition) is 3. The number of aromatic nitrogens is 1. The molecule has 1 aromatic rings. The van der Waals surface area contributed by atoms with E-state index in [9.17, 15) is 0 Å². The van der Waals surface area contributed by atoms with Gasteiger partial charge in [0.25, 0.3) is 0 Å². The van der Waals surface area contributed by atoms with Crippen LogP contribution in [-0.4, -0.2) is 12.1 Å². The summed E-state index contributed by atoms with van der Waals surface area (Å²) >= 11 is 4.08. The van der Waals surface area contributed by atoms with Crippen molar-refractivity contribution in [2.75, 3.05) is 7.11 Å². The molecule has 10 heavy (non-hydrogen) atoms. The molecule has 0 saturated carbocycles. The number of thiol groups is 1. The van der Waals surface area contributed by atoms with Gasteiger partial charge in [0, 0.05) is 18.0 Å². The lowest BCUT2D eigenvalue weighted by molar-refractivity contribution is 0.414. The van der Waals surface area contributed by atoms with E-state index in [0.717, 1.165) is 11.4 Å². The molecule has 0 amide bonds. The molecular weight excluding hydrogens is 146 g/mol. The molecule has 0 atom stereocenters. The molecule has 0 aromatic carbocycles. The van der Waals surface area contributed by atoms with Crippen LogP contribution in [0, 0.1) is 0 Å². The minimum atomic E-state index is 0.650. The minimum absolute atomic E-state index is 0.650. The van der Waals surface area contributed by atoms with E-state index in [1.165, 1.54) is 0 Å². The first-order chi connectivity index (χ1) is 4.86. The molecule has 0 N–H and O–H groups in total. The highest BCUT2D eigenvalue weighted by Crippen LogP contribution is 2.10. The van der Waals surface area contributed by atoms with Gasteiger partial charge in [-0.15, -0.1) is 0 Å². The van der Waals surface area contributed by atoms with Crippen molar-refractivity contribution in [3.8, 4) is 5.75 Å². The molecule has 0 radical (unpaired) electrons. The summed E-state index contributed by atoms with van der Waals surface area (Å²) in [6.07, 6.45) is 1.71. The molecular formula is C7H9NOS. The molecule has 0 spiro atoms. The van der Waals surface area contributed by atoms with E-state index in [-0.39, 0.29) is 0 Å². The Kier molecular flexibility index (Phi) is 2.57. The smallest absolute Gasteiger partial charge is 0.122 e. The molecule has 2 nitrogen and oxygen atoms in total. The maximum Gasteiger partial charge on any atom is 0.122 e. The highest BCUT2D eigenvalue weighted by Gasteiger charge is 1.92. The number of nitrogens with zero attached hydrogens (tertiary/aromatic N) is 1. The van der Waals surface area contributed by atoms with Crippen molar-refractivity contribution in [3.63, 3.8) is 0 Å². The molecule has 0 fully saturated rings. The first-order valence-corrected chi connectivity index (χ1v) is 3.60. The first kappa shape index (κ1) is 7.41. The summed E-state index contributed by atoms with van der Waals surface area (Å²) in [5.41, 5.74) is 0.933. The van der Waals surface area contributed by atoms with E-state index in [4.69, 9.17) is 4.74 Å². The van der Waals surface area contributed by atoms with Gasteiger partial charge in [0.1, 0.15) is 5.75 Å². The molecule has 1 heterocycles. The normalized spacial score (nSPS) is 9.40. The predicted octanol–water partition coefficient (Wildman–Crippen LogP) is 1.52. The van der Waals surface area contributed by atoms with E-state index in [1.54, 1.807) is 13.3 Å². The Morgan fingerprint density at radius 3 is 3.10 bits per heavy atom. The highest BCUT2D eigenvalue weighted by molar-refractivity contribution is 7.79.